The van der Waals surface area contributed by atoms with Crippen LogP contribution in [-0.4, -0.2) is 23.0 Å². The number of carboxylic acids is 1. The lowest BCUT2D eigenvalue weighted by Gasteiger charge is -2.16. The second-order valence-electron chi connectivity index (χ2n) is 4.88. The van der Waals surface area contributed by atoms with E-state index in [0.717, 1.165) is 6.42 Å². The van der Waals surface area contributed by atoms with E-state index in [1.807, 2.05) is 0 Å². The molecule has 5 heteroatoms. The van der Waals surface area contributed by atoms with Gasteiger partial charge in [0.1, 0.15) is 5.82 Å². The van der Waals surface area contributed by atoms with E-state index in [1.165, 1.54) is 18.2 Å². The summed E-state index contributed by atoms with van der Waals surface area (Å²) in [5, 5.41) is 11.7. The highest BCUT2D eigenvalue weighted by molar-refractivity contribution is 5.92. The molecule has 1 aromatic rings. The fourth-order valence-electron chi connectivity index (χ4n) is 2.41. The zero-order valence-corrected chi connectivity index (χ0v) is 10.9. The average Bonchev–Trinajstić information content (AvgIpc) is 2.86. The van der Waals surface area contributed by atoms with E-state index >= 15 is 0 Å². The maximum Gasteiger partial charge on any atom is 0.308 e. The van der Waals surface area contributed by atoms with Gasteiger partial charge in [0, 0.05) is 12.1 Å². The normalized spacial score (nSPS) is 22.1. The van der Waals surface area contributed by atoms with Crippen LogP contribution in [0.5, 0.6) is 0 Å². The standard InChI is InChI=1S/C15H16FNO3/c16-11-7-4-10(5-8-11)6-9-14(18)17-13-3-1-2-12(13)15(19)20/h4-9,12-13H,1-3H2,(H,17,18)(H,19,20). The van der Waals surface area contributed by atoms with Gasteiger partial charge in [-0.3, -0.25) is 9.59 Å². The van der Waals surface area contributed by atoms with Crippen molar-refractivity contribution in [1.29, 1.82) is 0 Å². The minimum Gasteiger partial charge on any atom is -0.481 e. The number of hydrogen-bond acceptors (Lipinski definition) is 2. The van der Waals surface area contributed by atoms with Crippen molar-refractivity contribution in [3.8, 4) is 0 Å². The van der Waals surface area contributed by atoms with Gasteiger partial charge in [0.2, 0.25) is 5.91 Å². The third-order valence-electron chi connectivity index (χ3n) is 3.46. The lowest BCUT2D eigenvalue weighted by molar-refractivity contribution is -0.142. The first-order chi connectivity index (χ1) is 9.56. The van der Waals surface area contributed by atoms with Crippen molar-refractivity contribution in [2.24, 2.45) is 5.92 Å². The quantitative estimate of drug-likeness (QED) is 0.829. The molecule has 0 radical (unpaired) electrons. The lowest BCUT2D eigenvalue weighted by Crippen LogP contribution is -2.39. The Labute approximate surface area is 116 Å². The molecule has 1 aliphatic carbocycles. The Morgan fingerprint density at radius 3 is 2.60 bits per heavy atom. The molecule has 0 aromatic heterocycles. The van der Waals surface area contributed by atoms with Gasteiger partial charge in [-0.2, -0.15) is 0 Å². The summed E-state index contributed by atoms with van der Waals surface area (Å²) < 4.78 is 12.7. The van der Waals surface area contributed by atoms with Gasteiger partial charge in [-0.05, 0) is 36.6 Å². The van der Waals surface area contributed by atoms with Crippen LogP contribution in [0.4, 0.5) is 4.39 Å². The maximum absolute atomic E-state index is 12.7. The Hall–Kier alpha value is -2.17. The number of carboxylic acid groups (broad SMARTS) is 1. The largest absolute Gasteiger partial charge is 0.481 e. The number of nitrogens with one attached hydrogen (secondary N) is 1. The van der Waals surface area contributed by atoms with Gasteiger partial charge in [-0.15, -0.1) is 0 Å². The lowest BCUT2D eigenvalue weighted by atomic mass is 10.0. The van der Waals surface area contributed by atoms with E-state index in [0.29, 0.717) is 18.4 Å². The molecule has 0 bridgehead atoms. The molecule has 1 fully saturated rings. The Balaban J connectivity index is 1.92. The molecule has 0 saturated heterocycles. The van der Waals surface area contributed by atoms with Crippen LogP contribution in [0.15, 0.2) is 30.3 Å². The highest BCUT2D eigenvalue weighted by atomic mass is 19.1. The van der Waals surface area contributed by atoms with E-state index in [4.69, 9.17) is 5.11 Å². The molecule has 0 heterocycles. The first kappa shape index (κ1) is 14.2. The molecule has 2 unspecified atom stereocenters. The van der Waals surface area contributed by atoms with Gasteiger partial charge in [-0.25, -0.2) is 4.39 Å². The van der Waals surface area contributed by atoms with E-state index < -0.39 is 11.9 Å². The molecule has 1 aliphatic rings. The van der Waals surface area contributed by atoms with E-state index in [9.17, 15) is 14.0 Å². The van der Waals surface area contributed by atoms with Crippen molar-refractivity contribution in [3.63, 3.8) is 0 Å². The Morgan fingerprint density at radius 2 is 1.95 bits per heavy atom. The zero-order valence-electron chi connectivity index (χ0n) is 10.9. The minimum atomic E-state index is -0.865. The number of halogens is 1. The number of aliphatic carboxylic acids is 1. The summed E-state index contributed by atoms with van der Waals surface area (Å²) in [5.41, 5.74) is 0.711. The molecular weight excluding hydrogens is 261 g/mol. The van der Waals surface area contributed by atoms with Gasteiger partial charge in [0.25, 0.3) is 0 Å². The van der Waals surface area contributed by atoms with E-state index in [-0.39, 0.29) is 17.8 Å². The van der Waals surface area contributed by atoms with Crippen LogP contribution in [-0.2, 0) is 9.59 Å². The van der Waals surface area contributed by atoms with Gasteiger partial charge in [0.15, 0.2) is 0 Å². The highest BCUT2D eigenvalue weighted by Crippen LogP contribution is 2.25. The van der Waals surface area contributed by atoms with Crippen LogP contribution in [0.3, 0.4) is 0 Å². The van der Waals surface area contributed by atoms with Crippen LogP contribution in [0.2, 0.25) is 0 Å². The van der Waals surface area contributed by atoms with Crippen LogP contribution < -0.4 is 5.32 Å². The SMILES string of the molecule is O=C(C=Cc1ccc(F)cc1)NC1CCCC1C(=O)O. The van der Waals surface area contributed by atoms with Crippen molar-refractivity contribution >= 4 is 18.0 Å². The first-order valence-corrected chi connectivity index (χ1v) is 6.53. The molecule has 2 atom stereocenters. The summed E-state index contributed by atoms with van der Waals surface area (Å²) >= 11 is 0. The van der Waals surface area contributed by atoms with Gasteiger partial charge in [-0.1, -0.05) is 18.6 Å². The van der Waals surface area contributed by atoms with Gasteiger partial charge < -0.3 is 10.4 Å². The number of carbonyl (C=O) groups excluding carboxylic acids is 1. The van der Waals surface area contributed by atoms with Crippen molar-refractivity contribution in [3.05, 3.63) is 41.7 Å². The summed E-state index contributed by atoms with van der Waals surface area (Å²) in [6, 6.07) is 5.45. The smallest absolute Gasteiger partial charge is 0.308 e. The first-order valence-electron chi connectivity index (χ1n) is 6.53. The van der Waals surface area contributed by atoms with Gasteiger partial charge in [0.05, 0.1) is 5.92 Å². The summed E-state index contributed by atoms with van der Waals surface area (Å²) in [5.74, 6) is -2.03. The molecule has 1 aromatic carbocycles. The van der Waals surface area contributed by atoms with E-state index in [2.05, 4.69) is 5.32 Å². The number of hydrogen-bond donors (Lipinski definition) is 2. The van der Waals surface area contributed by atoms with Crippen LogP contribution in [0.1, 0.15) is 24.8 Å². The van der Waals surface area contributed by atoms with Crippen molar-refractivity contribution in [2.45, 2.75) is 25.3 Å². The van der Waals surface area contributed by atoms with E-state index in [1.54, 1.807) is 18.2 Å². The molecule has 2 N–H and O–H groups in total. The molecule has 20 heavy (non-hydrogen) atoms. The number of amides is 1. The van der Waals surface area contributed by atoms with Crippen LogP contribution in [0, 0.1) is 11.7 Å². The predicted octanol–water partition coefficient (Wildman–Crippen LogP) is 2.21. The molecule has 2 rings (SSSR count). The predicted molar refractivity (Wildman–Crippen MR) is 72.3 cm³/mol. The van der Waals surface area contributed by atoms with Crippen molar-refractivity contribution < 1.29 is 19.1 Å². The third kappa shape index (κ3) is 3.66. The fraction of sp³-hybridized carbons (Fsp3) is 0.333. The van der Waals surface area contributed by atoms with Crippen molar-refractivity contribution in [2.75, 3.05) is 0 Å². The Bertz CT molecular complexity index is 524. The van der Waals surface area contributed by atoms with Crippen molar-refractivity contribution in [1.82, 2.24) is 5.32 Å². The summed E-state index contributed by atoms with van der Waals surface area (Å²) in [7, 11) is 0. The second kappa shape index (κ2) is 6.32. The summed E-state index contributed by atoms with van der Waals surface area (Å²) in [6.45, 7) is 0. The summed E-state index contributed by atoms with van der Waals surface area (Å²) in [6.07, 6.45) is 5.00. The number of carbonyl (C=O) groups is 2. The molecule has 106 valence electrons. The maximum atomic E-state index is 12.7. The molecular formula is C15H16FNO3. The molecule has 1 amide bonds. The molecule has 0 spiro atoms. The van der Waals surface area contributed by atoms with Gasteiger partial charge >= 0.3 is 5.97 Å². The number of benzene rings is 1. The topological polar surface area (TPSA) is 66.4 Å². The van der Waals surface area contributed by atoms with Crippen LogP contribution >= 0.6 is 0 Å². The van der Waals surface area contributed by atoms with Crippen LogP contribution in [0.25, 0.3) is 6.08 Å². The average molecular weight is 277 g/mol. The summed E-state index contributed by atoms with van der Waals surface area (Å²) in [4.78, 5) is 22.7. The zero-order chi connectivity index (χ0) is 14.5. The second-order valence-corrected chi connectivity index (χ2v) is 4.88. The Morgan fingerprint density at radius 1 is 1.25 bits per heavy atom. The molecule has 4 nitrogen and oxygen atoms in total. The Kier molecular flexibility index (Phi) is 4.50. The third-order valence-corrected chi connectivity index (χ3v) is 3.46. The molecule has 1 saturated carbocycles. The number of rotatable bonds is 4. The fourth-order valence-corrected chi connectivity index (χ4v) is 2.41. The molecule has 0 aliphatic heterocycles. The highest BCUT2D eigenvalue weighted by Gasteiger charge is 2.33. The minimum absolute atomic E-state index is 0.308. The monoisotopic (exact) mass is 277 g/mol.